The SMILES string of the molecule is CC(C(=O)Nc1ccc(C#N)c(C(F)(F)F)c1)C1CC1. The van der Waals surface area contributed by atoms with Gasteiger partial charge >= 0.3 is 6.18 Å². The molecular formula is C14H13F3N2O. The van der Waals surface area contributed by atoms with Gasteiger partial charge in [0, 0.05) is 11.6 Å². The van der Waals surface area contributed by atoms with E-state index in [0.29, 0.717) is 5.92 Å². The molecule has 0 bridgehead atoms. The van der Waals surface area contributed by atoms with Crippen LogP contribution in [0.3, 0.4) is 0 Å². The van der Waals surface area contributed by atoms with E-state index in [2.05, 4.69) is 5.32 Å². The van der Waals surface area contributed by atoms with E-state index in [1.807, 2.05) is 0 Å². The Morgan fingerprint density at radius 1 is 1.45 bits per heavy atom. The molecule has 1 aliphatic carbocycles. The molecular weight excluding hydrogens is 269 g/mol. The van der Waals surface area contributed by atoms with Crippen LogP contribution >= 0.6 is 0 Å². The third-order valence-corrected chi connectivity index (χ3v) is 3.46. The molecule has 0 aliphatic heterocycles. The highest BCUT2D eigenvalue weighted by Gasteiger charge is 2.35. The van der Waals surface area contributed by atoms with Crippen LogP contribution in [0.5, 0.6) is 0 Å². The number of nitriles is 1. The highest BCUT2D eigenvalue weighted by Crippen LogP contribution is 2.37. The monoisotopic (exact) mass is 282 g/mol. The van der Waals surface area contributed by atoms with E-state index in [1.165, 1.54) is 12.1 Å². The molecule has 1 aliphatic rings. The first-order valence-corrected chi connectivity index (χ1v) is 6.25. The second-order valence-electron chi connectivity index (χ2n) is 4.99. The number of benzene rings is 1. The Labute approximate surface area is 114 Å². The number of rotatable bonds is 3. The van der Waals surface area contributed by atoms with Gasteiger partial charge in [-0.25, -0.2) is 0 Å². The second kappa shape index (κ2) is 5.16. The number of nitrogens with one attached hydrogen (secondary N) is 1. The molecule has 1 fully saturated rings. The van der Waals surface area contributed by atoms with Crippen LogP contribution in [-0.4, -0.2) is 5.91 Å². The van der Waals surface area contributed by atoms with Gasteiger partial charge in [-0.05, 0) is 37.0 Å². The zero-order chi connectivity index (χ0) is 14.9. The summed E-state index contributed by atoms with van der Waals surface area (Å²) in [5, 5.41) is 11.2. The van der Waals surface area contributed by atoms with Crippen LogP contribution < -0.4 is 5.32 Å². The molecule has 1 aromatic carbocycles. The molecule has 0 saturated heterocycles. The van der Waals surface area contributed by atoms with Crippen molar-refractivity contribution in [3.8, 4) is 6.07 Å². The standard InChI is InChI=1S/C14H13F3N2O/c1-8(9-2-3-9)13(20)19-11-5-4-10(7-18)12(6-11)14(15,16)17/h4-6,8-9H,2-3H2,1H3,(H,19,20). The number of carbonyl (C=O) groups is 1. The Kier molecular flexibility index (Phi) is 3.71. The van der Waals surface area contributed by atoms with Crippen molar-refractivity contribution in [3.05, 3.63) is 29.3 Å². The highest BCUT2D eigenvalue weighted by molar-refractivity contribution is 5.92. The van der Waals surface area contributed by atoms with E-state index in [4.69, 9.17) is 5.26 Å². The predicted molar refractivity (Wildman–Crippen MR) is 66.7 cm³/mol. The number of hydrogen-bond acceptors (Lipinski definition) is 2. The van der Waals surface area contributed by atoms with E-state index in [0.717, 1.165) is 25.0 Å². The van der Waals surface area contributed by atoms with Crippen LogP contribution in [0.1, 0.15) is 30.9 Å². The highest BCUT2D eigenvalue weighted by atomic mass is 19.4. The molecule has 1 amide bonds. The quantitative estimate of drug-likeness (QED) is 0.921. The Bertz CT molecular complexity index is 571. The molecule has 1 atom stereocenters. The summed E-state index contributed by atoms with van der Waals surface area (Å²) in [5.41, 5.74) is -1.42. The maximum absolute atomic E-state index is 12.8. The van der Waals surface area contributed by atoms with Gasteiger partial charge in [-0.3, -0.25) is 4.79 Å². The van der Waals surface area contributed by atoms with E-state index in [1.54, 1.807) is 6.92 Å². The summed E-state index contributed by atoms with van der Waals surface area (Å²) in [5.74, 6) is -0.166. The molecule has 1 saturated carbocycles. The molecule has 2 rings (SSSR count). The summed E-state index contributed by atoms with van der Waals surface area (Å²) in [6.45, 7) is 1.77. The topological polar surface area (TPSA) is 52.9 Å². The fourth-order valence-corrected chi connectivity index (χ4v) is 2.02. The van der Waals surface area contributed by atoms with E-state index >= 15 is 0 Å². The molecule has 1 unspecified atom stereocenters. The molecule has 6 heteroatoms. The van der Waals surface area contributed by atoms with Gasteiger partial charge in [0.15, 0.2) is 0 Å². The van der Waals surface area contributed by atoms with Crippen LogP contribution in [0.2, 0.25) is 0 Å². The van der Waals surface area contributed by atoms with Crippen LogP contribution in [-0.2, 0) is 11.0 Å². The lowest BCUT2D eigenvalue weighted by Gasteiger charge is -2.14. The molecule has 3 nitrogen and oxygen atoms in total. The molecule has 0 aromatic heterocycles. The Morgan fingerprint density at radius 3 is 2.60 bits per heavy atom. The van der Waals surface area contributed by atoms with Gasteiger partial charge in [-0.2, -0.15) is 18.4 Å². The van der Waals surface area contributed by atoms with Gasteiger partial charge < -0.3 is 5.32 Å². The molecule has 1 N–H and O–H groups in total. The summed E-state index contributed by atoms with van der Waals surface area (Å²) >= 11 is 0. The summed E-state index contributed by atoms with van der Waals surface area (Å²) in [7, 11) is 0. The fraction of sp³-hybridized carbons (Fsp3) is 0.429. The number of hydrogen-bond donors (Lipinski definition) is 1. The number of amides is 1. The Morgan fingerprint density at radius 2 is 2.10 bits per heavy atom. The minimum atomic E-state index is -4.62. The lowest BCUT2D eigenvalue weighted by Crippen LogP contribution is -2.22. The zero-order valence-electron chi connectivity index (χ0n) is 10.8. The van der Waals surface area contributed by atoms with Crippen molar-refractivity contribution >= 4 is 11.6 Å². The molecule has 0 radical (unpaired) electrons. The van der Waals surface area contributed by atoms with Gasteiger partial charge in [0.1, 0.15) is 0 Å². The van der Waals surface area contributed by atoms with E-state index in [-0.39, 0.29) is 17.5 Å². The zero-order valence-corrected chi connectivity index (χ0v) is 10.8. The third kappa shape index (κ3) is 3.10. The predicted octanol–water partition coefficient (Wildman–Crippen LogP) is 3.56. The molecule has 0 heterocycles. The average molecular weight is 282 g/mol. The third-order valence-electron chi connectivity index (χ3n) is 3.46. The lowest BCUT2D eigenvalue weighted by atomic mass is 10.0. The van der Waals surface area contributed by atoms with Gasteiger partial charge in [-0.1, -0.05) is 6.92 Å². The molecule has 20 heavy (non-hydrogen) atoms. The van der Waals surface area contributed by atoms with Crippen molar-refractivity contribution < 1.29 is 18.0 Å². The summed E-state index contributed by atoms with van der Waals surface area (Å²) in [6.07, 6.45) is -2.65. The smallest absolute Gasteiger partial charge is 0.326 e. The van der Waals surface area contributed by atoms with Crippen LogP contribution in [0.15, 0.2) is 18.2 Å². The second-order valence-corrected chi connectivity index (χ2v) is 4.99. The van der Waals surface area contributed by atoms with Gasteiger partial charge in [0.25, 0.3) is 0 Å². The van der Waals surface area contributed by atoms with E-state index < -0.39 is 17.3 Å². The van der Waals surface area contributed by atoms with Crippen molar-refractivity contribution in [2.45, 2.75) is 25.9 Å². The van der Waals surface area contributed by atoms with Crippen molar-refractivity contribution in [1.29, 1.82) is 5.26 Å². The Hall–Kier alpha value is -2.03. The number of alkyl halides is 3. The van der Waals surface area contributed by atoms with Crippen LogP contribution in [0, 0.1) is 23.2 Å². The first-order valence-electron chi connectivity index (χ1n) is 6.25. The van der Waals surface area contributed by atoms with Gasteiger partial charge in [-0.15, -0.1) is 0 Å². The van der Waals surface area contributed by atoms with Gasteiger partial charge in [0.2, 0.25) is 5.91 Å². The molecule has 0 spiro atoms. The average Bonchev–Trinajstić information content (AvgIpc) is 3.21. The normalized spacial score (nSPS) is 16.4. The van der Waals surface area contributed by atoms with Gasteiger partial charge in [0.05, 0.1) is 17.2 Å². The summed E-state index contributed by atoms with van der Waals surface area (Å²) in [6, 6.07) is 4.68. The number of nitrogens with zero attached hydrogens (tertiary/aromatic N) is 1. The summed E-state index contributed by atoms with van der Waals surface area (Å²) < 4.78 is 38.4. The maximum atomic E-state index is 12.8. The van der Waals surface area contributed by atoms with Crippen molar-refractivity contribution in [2.24, 2.45) is 11.8 Å². The fourth-order valence-electron chi connectivity index (χ4n) is 2.02. The van der Waals surface area contributed by atoms with Crippen LogP contribution in [0.4, 0.5) is 18.9 Å². The first kappa shape index (κ1) is 14.4. The minimum Gasteiger partial charge on any atom is -0.326 e. The first-order chi connectivity index (χ1) is 9.32. The summed E-state index contributed by atoms with van der Waals surface area (Å²) in [4.78, 5) is 11.9. The lowest BCUT2D eigenvalue weighted by molar-refractivity contribution is -0.137. The number of anilines is 1. The van der Waals surface area contributed by atoms with Crippen molar-refractivity contribution in [3.63, 3.8) is 0 Å². The maximum Gasteiger partial charge on any atom is 0.417 e. The number of carbonyl (C=O) groups excluding carboxylic acids is 1. The van der Waals surface area contributed by atoms with Crippen LogP contribution in [0.25, 0.3) is 0 Å². The number of halogens is 3. The minimum absolute atomic E-state index is 0.0637. The van der Waals surface area contributed by atoms with Crippen molar-refractivity contribution in [1.82, 2.24) is 0 Å². The molecule has 106 valence electrons. The largest absolute Gasteiger partial charge is 0.417 e. The molecule has 1 aromatic rings. The van der Waals surface area contributed by atoms with Crippen molar-refractivity contribution in [2.75, 3.05) is 5.32 Å². The van der Waals surface area contributed by atoms with E-state index in [9.17, 15) is 18.0 Å². The Balaban J connectivity index is 2.21.